The minimum absolute atomic E-state index is 0.119. The summed E-state index contributed by atoms with van der Waals surface area (Å²) in [5.74, 6) is 3.44. The molecule has 0 atom stereocenters. The molecule has 1 N–H and O–H groups in total. The lowest BCUT2D eigenvalue weighted by Crippen LogP contribution is -2.15. The maximum absolute atomic E-state index is 12.6. The van der Waals surface area contributed by atoms with Crippen molar-refractivity contribution >= 4 is 11.6 Å². The van der Waals surface area contributed by atoms with Crippen molar-refractivity contribution in [3.63, 3.8) is 0 Å². The summed E-state index contributed by atoms with van der Waals surface area (Å²) < 4.78 is 27.4. The van der Waals surface area contributed by atoms with Gasteiger partial charge in [-0.25, -0.2) is 0 Å². The largest absolute Gasteiger partial charge is 0.494 e. The topological polar surface area (TPSA) is 75.3 Å². The van der Waals surface area contributed by atoms with Crippen LogP contribution >= 0.6 is 0 Å². The lowest BCUT2D eigenvalue weighted by atomic mass is 10.1. The zero-order valence-electron chi connectivity index (χ0n) is 18.6. The lowest BCUT2D eigenvalue weighted by Gasteiger charge is -2.15. The van der Waals surface area contributed by atoms with Crippen LogP contribution in [0.1, 0.15) is 12.5 Å². The molecule has 0 saturated carbocycles. The van der Waals surface area contributed by atoms with Gasteiger partial charge in [-0.15, -0.1) is 0 Å². The summed E-state index contributed by atoms with van der Waals surface area (Å²) in [5, 5.41) is 2.88. The van der Waals surface area contributed by atoms with E-state index in [-0.39, 0.29) is 12.3 Å². The summed E-state index contributed by atoms with van der Waals surface area (Å²) in [6, 6.07) is 18.1. The maximum Gasteiger partial charge on any atom is 0.228 e. The molecule has 168 valence electrons. The van der Waals surface area contributed by atoms with Gasteiger partial charge in [-0.3, -0.25) is 4.79 Å². The molecule has 32 heavy (non-hydrogen) atoms. The summed E-state index contributed by atoms with van der Waals surface area (Å²) in [6.45, 7) is 2.56. The Kier molecular flexibility index (Phi) is 7.80. The Morgan fingerprint density at radius 1 is 0.750 bits per heavy atom. The van der Waals surface area contributed by atoms with Crippen molar-refractivity contribution in [1.82, 2.24) is 0 Å². The van der Waals surface area contributed by atoms with Gasteiger partial charge in [-0.2, -0.15) is 0 Å². The second-order valence-electron chi connectivity index (χ2n) is 6.75. The first-order chi connectivity index (χ1) is 15.6. The van der Waals surface area contributed by atoms with Crippen LogP contribution < -0.4 is 29.0 Å². The van der Waals surface area contributed by atoms with Crippen molar-refractivity contribution in [1.29, 1.82) is 0 Å². The van der Waals surface area contributed by atoms with Gasteiger partial charge in [0.25, 0.3) is 0 Å². The smallest absolute Gasteiger partial charge is 0.228 e. The Balaban J connectivity index is 1.62. The minimum atomic E-state index is -0.185. The number of nitrogens with one attached hydrogen (secondary N) is 1. The standard InChI is InChI=1S/C25H27NO6/c1-5-31-19-11-13-21(14-12-19)32-20-9-7-18(8-10-20)26-23(27)16-17-6-15-22(28-2)25(30-4)24(17)29-3/h6-15H,5,16H2,1-4H3,(H,26,27). The van der Waals surface area contributed by atoms with Crippen LogP contribution in [0.15, 0.2) is 60.7 Å². The first kappa shape index (κ1) is 22.8. The Morgan fingerprint density at radius 3 is 1.91 bits per heavy atom. The fraction of sp³-hybridized carbons (Fsp3) is 0.240. The van der Waals surface area contributed by atoms with Crippen LogP contribution in [0.25, 0.3) is 0 Å². The predicted molar refractivity (Wildman–Crippen MR) is 123 cm³/mol. The third-order valence-corrected chi connectivity index (χ3v) is 4.65. The van der Waals surface area contributed by atoms with Crippen molar-refractivity contribution < 1.29 is 28.5 Å². The molecule has 7 heteroatoms. The zero-order chi connectivity index (χ0) is 22.9. The van der Waals surface area contributed by atoms with Crippen molar-refractivity contribution in [3.05, 3.63) is 66.2 Å². The molecule has 0 aliphatic carbocycles. The van der Waals surface area contributed by atoms with E-state index < -0.39 is 0 Å². The molecule has 0 aliphatic heterocycles. The number of rotatable bonds is 10. The minimum Gasteiger partial charge on any atom is -0.494 e. The summed E-state index contributed by atoms with van der Waals surface area (Å²) in [4.78, 5) is 12.6. The predicted octanol–water partition coefficient (Wildman–Crippen LogP) is 5.08. The highest BCUT2D eigenvalue weighted by molar-refractivity contribution is 5.93. The van der Waals surface area contributed by atoms with Gasteiger partial charge in [0.2, 0.25) is 11.7 Å². The van der Waals surface area contributed by atoms with Gasteiger partial charge < -0.3 is 29.0 Å². The second kappa shape index (κ2) is 10.9. The van der Waals surface area contributed by atoms with E-state index in [2.05, 4.69) is 5.32 Å². The number of anilines is 1. The number of carbonyl (C=O) groups is 1. The number of ether oxygens (including phenoxy) is 5. The van der Waals surface area contributed by atoms with E-state index in [4.69, 9.17) is 23.7 Å². The molecular weight excluding hydrogens is 410 g/mol. The molecule has 1 amide bonds. The monoisotopic (exact) mass is 437 g/mol. The number of amides is 1. The molecule has 0 saturated heterocycles. The van der Waals surface area contributed by atoms with Crippen molar-refractivity contribution in [3.8, 4) is 34.5 Å². The molecular formula is C25H27NO6. The molecule has 0 radical (unpaired) electrons. The summed E-state index contributed by atoms with van der Waals surface area (Å²) in [6.07, 6.45) is 0.119. The van der Waals surface area contributed by atoms with Crippen LogP contribution in [0.3, 0.4) is 0 Å². The molecule has 0 heterocycles. The number of methoxy groups -OCH3 is 3. The molecule has 7 nitrogen and oxygen atoms in total. The number of hydrogen-bond acceptors (Lipinski definition) is 6. The second-order valence-corrected chi connectivity index (χ2v) is 6.75. The van der Waals surface area contributed by atoms with E-state index in [9.17, 15) is 4.79 Å². The number of hydrogen-bond donors (Lipinski definition) is 1. The first-order valence-electron chi connectivity index (χ1n) is 10.2. The zero-order valence-corrected chi connectivity index (χ0v) is 18.6. The van der Waals surface area contributed by atoms with E-state index in [1.807, 2.05) is 31.2 Å². The van der Waals surface area contributed by atoms with Gasteiger partial charge in [-0.05, 0) is 61.5 Å². The molecule has 0 aliphatic rings. The summed E-state index contributed by atoms with van der Waals surface area (Å²) in [7, 11) is 4.61. The van der Waals surface area contributed by atoms with Crippen LogP contribution in [0.5, 0.6) is 34.5 Å². The summed E-state index contributed by atoms with van der Waals surface area (Å²) >= 11 is 0. The molecule has 3 aromatic rings. The van der Waals surface area contributed by atoms with Gasteiger partial charge in [0, 0.05) is 11.3 Å². The normalized spacial score (nSPS) is 10.2. The van der Waals surface area contributed by atoms with Crippen molar-refractivity contribution in [2.45, 2.75) is 13.3 Å². The molecule has 0 aromatic heterocycles. The quantitative estimate of drug-likeness (QED) is 0.477. The van der Waals surface area contributed by atoms with Gasteiger partial charge in [0.15, 0.2) is 11.5 Å². The van der Waals surface area contributed by atoms with Crippen LogP contribution in [0.4, 0.5) is 5.69 Å². The SMILES string of the molecule is CCOc1ccc(Oc2ccc(NC(=O)Cc3ccc(OC)c(OC)c3OC)cc2)cc1. The van der Waals surface area contributed by atoms with Gasteiger partial charge in [-0.1, -0.05) is 6.07 Å². The van der Waals surface area contributed by atoms with E-state index in [1.54, 1.807) is 43.5 Å². The van der Waals surface area contributed by atoms with Gasteiger partial charge >= 0.3 is 0 Å². The molecule has 0 fully saturated rings. The fourth-order valence-electron chi connectivity index (χ4n) is 3.19. The van der Waals surface area contributed by atoms with Crippen LogP contribution in [-0.2, 0) is 11.2 Å². The van der Waals surface area contributed by atoms with E-state index in [1.165, 1.54) is 14.2 Å². The fourth-order valence-corrected chi connectivity index (χ4v) is 3.19. The third-order valence-electron chi connectivity index (χ3n) is 4.65. The molecule has 3 rings (SSSR count). The highest BCUT2D eigenvalue weighted by Gasteiger charge is 2.18. The van der Waals surface area contributed by atoms with E-state index >= 15 is 0 Å². The Morgan fingerprint density at radius 2 is 1.34 bits per heavy atom. The molecule has 0 unspecified atom stereocenters. The molecule has 3 aromatic carbocycles. The molecule has 0 bridgehead atoms. The lowest BCUT2D eigenvalue weighted by molar-refractivity contribution is -0.115. The van der Waals surface area contributed by atoms with Crippen LogP contribution in [0.2, 0.25) is 0 Å². The number of carbonyl (C=O) groups excluding carboxylic acids is 1. The van der Waals surface area contributed by atoms with Crippen molar-refractivity contribution in [2.24, 2.45) is 0 Å². The Bertz CT molecular complexity index is 1030. The van der Waals surface area contributed by atoms with Crippen LogP contribution in [-0.4, -0.2) is 33.8 Å². The molecule has 0 spiro atoms. The average Bonchev–Trinajstić information content (AvgIpc) is 2.81. The number of benzene rings is 3. The van der Waals surface area contributed by atoms with Crippen molar-refractivity contribution in [2.75, 3.05) is 33.3 Å². The van der Waals surface area contributed by atoms with Crippen LogP contribution in [0, 0.1) is 0 Å². The Labute approximate surface area is 187 Å². The van der Waals surface area contributed by atoms with E-state index in [0.29, 0.717) is 46.6 Å². The Hall–Kier alpha value is -3.87. The van der Waals surface area contributed by atoms with Gasteiger partial charge in [0.1, 0.15) is 17.2 Å². The summed E-state index contributed by atoms with van der Waals surface area (Å²) in [5.41, 5.74) is 1.35. The maximum atomic E-state index is 12.6. The van der Waals surface area contributed by atoms with E-state index in [0.717, 1.165) is 5.75 Å². The van der Waals surface area contributed by atoms with Gasteiger partial charge in [0.05, 0.1) is 34.4 Å². The first-order valence-corrected chi connectivity index (χ1v) is 10.2. The highest BCUT2D eigenvalue weighted by atomic mass is 16.5. The third kappa shape index (κ3) is 5.63. The highest BCUT2D eigenvalue weighted by Crippen LogP contribution is 2.40. The average molecular weight is 437 g/mol.